The van der Waals surface area contributed by atoms with Gasteiger partial charge in [0.05, 0.1) is 22.6 Å². The summed E-state index contributed by atoms with van der Waals surface area (Å²) in [6.07, 6.45) is 1.71. The van der Waals surface area contributed by atoms with Gasteiger partial charge in [-0.1, -0.05) is 6.07 Å². The molecule has 0 atom stereocenters. The average molecular weight is 487 g/mol. The Labute approximate surface area is 203 Å². The minimum Gasteiger partial charge on any atom is -0.482 e. The van der Waals surface area contributed by atoms with Crippen LogP contribution in [-0.2, 0) is 9.59 Å². The number of carbonyl (C=O) groups is 3. The summed E-state index contributed by atoms with van der Waals surface area (Å²) in [6.45, 7) is -0.400. The smallest absolute Gasteiger partial charge is 0.335 e. The average Bonchev–Trinajstić information content (AvgIpc) is 3.37. The van der Waals surface area contributed by atoms with Crippen LogP contribution in [0.25, 0.3) is 22.0 Å². The van der Waals surface area contributed by atoms with Crippen molar-refractivity contribution >= 4 is 40.5 Å². The molecule has 2 aromatic carbocycles. The van der Waals surface area contributed by atoms with E-state index in [-0.39, 0.29) is 24.6 Å². The Bertz CT molecular complexity index is 1420. The Balaban J connectivity index is 1.37. The number of pyridine rings is 1. The number of nitrogens with one attached hydrogen (secondary N) is 1. The van der Waals surface area contributed by atoms with Crippen molar-refractivity contribution in [3.63, 3.8) is 0 Å². The Morgan fingerprint density at radius 3 is 2.66 bits per heavy atom. The van der Waals surface area contributed by atoms with Crippen LogP contribution in [0.5, 0.6) is 5.75 Å². The van der Waals surface area contributed by atoms with E-state index in [2.05, 4.69) is 15.3 Å². The normalized spacial score (nSPS) is 12.6. The van der Waals surface area contributed by atoms with Crippen LogP contribution in [0.1, 0.15) is 10.4 Å². The molecule has 0 unspecified atom stereocenters. The van der Waals surface area contributed by atoms with E-state index in [1.807, 2.05) is 29.6 Å². The second-order valence-corrected chi connectivity index (χ2v) is 8.49. The highest BCUT2D eigenvalue weighted by atomic mass is 32.1. The molecular formula is C25H18N4O5S. The third-order valence-corrected chi connectivity index (χ3v) is 6.17. The van der Waals surface area contributed by atoms with Gasteiger partial charge in [-0.15, -0.1) is 11.3 Å². The number of fused-ring (bicyclic) bond motifs is 1. The van der Waals surface area contributed by atoms with Crippen LogP contribution >= 0.6 is 11.3 Å². The number of aromatic carboxylic acids is 1. The van der Waals surface area contributed by atoms with Gasteiger partial charge in [0, 0.05) is 22.8 Å². The molecule has 0 spiro atoms. The first-order chi connectivity index (χ1) is 17.0. The van der Waals surface area contributed by atoms with E-state index in [1.54, 1.807) is 18.3 Å². The Morgan fingerprint density at radius 1 is 1.09 bits per heavy atom. The highest BCUT2D eigenvalue weighted by Gasteiger charge is 2.28. The van der Waals surface area contributed by atoms with Crippen LogP contribution in [0, 0.1) is 0 Å². The lowest BCUT2D eigenvalue weighted by atomic mass is 10.1. The van der Waals surface area contributed by atoms with Crippen LogP contribution in [0.15, 0.2) is 72.2 Å². The SMILES string of the molecule is O=C(CN1C(=O)COc2ccc(-c3csc(-c4ccccn4)n3)cc21)Nc1ccc(C(=O)O)cc1. The van der Waals surface area contributed by atoms with Gasteiger partial charge >= 0.3 is 5.97 Å². The first-order valence-electron chi connectivity index (χ1n) is 10.6. The largest absolute Gasteiger partial charge is 0.482 e. The molecule has 9 nitrogen and oxygen atoms in total. The molecule has 35 heavy (non-hydrogen) atoms. The minimum absolute atomic E-state index is 0.112. The molecule has 0 radical (unpaired) electrons. The van der Waals surface area contributed by atoms with Crippen LogP contribution in [0.2, 0.25) is 0 Å². The number of hydrogen-bond donors (Lipinski definition) is 2. The van der Waals surface area contributed by atoms with Gasteiger partial charge in [0.15, 0.2) is 6.61 Å². The predicted octanol–water partition coefficient (Wildman–Crippen LogP) is 3.93. The number of rotatable bonds is 6. The maximum Gasteiger partial charge on any atom is 0.335 e. The zero-order valence-electron chi connectivity index (χ0n) is 18.2. The molecule has 0 saturated heterocycles. The highest BCUT2D eigenvalue weighted by molar-refractivity contribution is 7.13. The van der Waals surface area contributed by atoms with Gasteiger partial charge in [-0.3, -0.25) is 19.5 Å². The number of hydrogen-bond acceptors (Lipinski definition) is 7. The summed E-state index contributed by atoms with van der Waals surface area (Å²) in [5, 5.41) is 14.4. The second-order valence-electron chi connectivity index (χ2n) is 7.63. The number of amides is 2. The molecule has 1 aliphatic rings. The predicted molar refractivity (Wildman–Crippen MR) is 131 cm³/mol. The summed E-state index contributed by atoms with van der Waals surface area (Å²) in [5.74, 6) is -1.34. The zero-order valence-corrected chi connectivity index (χ0v) is 19.0. The summed E-state index contributed by atoms with van der Waals surface area (Å²) in [4.78, 5) is 46.7. The fourth-order valence-electron chi connectivity index (χ4n) is 3.59. The van der Waals surface area contributed by atoms with Crippen LogP contribution in [0.3, 0.4) is 0 Å². The molecule has 0 aliphatic carbocycles. The Kier molecular flexibility index (Phi) is 5.94. The number of carboxylic acids is 1. The lowest BCUT2D eigenvalue weighted by Gasteiger charge is -2.29. The molecule has 2 amide bonds. The van der Waals surface area contributed by atoms with Gasteiger partial charge in [0.1, 0.15) is 17.3 Å². The van der Waals surface area contributed by atoms with E-state index in [9.17, 15) is 14.4 Å². The zero-order chi connectivity index (χ0) is 24.4. The molecule has 1 aliphatic heterocycles. The van der Waals surface area contributed by atoms with Crippen molar-refractivity contribution in [1.82, 2.24) is 9.97 Å². The third-order valence-electron chi connectivity index (χ3n) is 5.30. The number of aromatic nitrogens is 2. The molecule has 0 bridgehead atoms. The summed E-state index contributed by atoms with van der Waals surface area (Å²) >= 11 is 1.46. The number of ether oxygens (including phenoxy) is 1. The van der Waals surface area contributed by atoms with Crippen molar-refractivity contribution in [3.05, 3.63) is 77.8 Å². The van der Waals surface area contributed by atoms with Crippen LogP contribution in [-0.4, -0.2) is 46.0 Å². The number of carbonyl (C=O) groups excluding carboxylic acids is 2. The van der Waals surface area contributed by atoms with Crippen LogP contribution in [0.4, 0.5) is 11.4 Å². The minimum atomic E-state index is -1.05. The molecule has 174 valence electrons. The molecule has 0 fully saturated rings. The van der Waals surface area contributed by atoms with Crippen molar-refractivity contribution in [3.8, 4) is 27.7 Å². The van der Waals surface area contributed by atoms with E-state index in [0.29, 0.717) is 17.1 Å². The summed E-state index contributed by atoms with van der Waals surface area (Å²) in [6, 6.07) is 16.8. The fraction of sp³-hybridized carbons (Fsp3) is 0.0800. The van der Waals surface area contributed by atoms with Crippen molar-refractivity contribution in [1.29, 1.82) is 0 Å². The quantitative estimate of drug-likeness (QED) is 0.423. The topological polar surface area (TPSA) is 122 Å². The molecule has 4 aromatic rings. The van der Waals surface area contributed by atoms with E-state index in [0.717, 1.165) is 22.0 Å². The van der Waals surface area contributed by atoms with Gasteiger partial charge in [-0.05, 0) is 54.6 Å². The second kappa shape index (κ2) is 9.35. The van der Waals surface area contributed by atoms with Crippen molar-refractivity contribution in [2.75, 3.05) is 23.4 Å². The lowest BCUT2D eigenvalue weighted by Crippen LogP contribution is -2.43. The number of benzene rings is 2. The van der Waals surface area contributed by atoms with Gasteiger partial charge < -0.3 is 15.2 Å². The summed E-state index contributed by atoms with van der Waals surface area (Å²) < 4.78 is 5.56. The monoisotopic (exact) mass is 486 g/mol. The molecule has 5 rings (SSSR count). The highest BCUT2D eigenvalue weighted by Crippen LogP contribution is 2.37. The van der Waals surface area contributed by atoms with Crippen molar-refractivity contribution in [2.24, 2.45) is 0 Å². The van der Waals surface area contributed by atoms with E-state index < -0.39 is 11.9 Å². The van der Waals surface area contributed by atoms with Gasteiger partial charge in [-0.25, -0.2) is 9.78 Å². The van der Waals surface area contributed by atoms with E-state index in [1.165, 1.54) is 40.5 Å². The first-order valence-corrected chi connectivity index (χ1v) is 11.4. The first kappa shape index (κ1) is 22.2. The Hall–Kier alpha value is -4.57. The van der Waals surface area contributed by atoms with Crippen LogP contribution < -0.4 is 15.0 Å². The third kappa shape index (κ3) is 4.73. The fourth-order valence-corrected chi connectivity index (χ4v) is 4.39. The van der Waals surface area contributed by atoms with Gasteiger partial charge in [0.25, 0.3) is 5.91 Å². The summed E-state index contributed by atoms with van der Waals surface area (Å²) in [7, 11) is 0. The number of carboxylic acid groups (broad SMARTS) is 1. The van der Waals surface area contributed by atoms with Gasteiger partial charge in [-0.2, -0.15) is 0 Å². The number of nitrogens with zero attached hydrogens (tertiary/aromatic N) is 3. The van der Waals surface area contributed by atoms with E-state index in [4.69, 9.17) is 9.84 Å². The Morgan fingerprint density at radius 2 is 1.91 bits per heavy atom. The van der Waals surface area contributed by atoms with Crippen molar-refractivity contribution < 1.29 is 24.2 Å². The molecular weight excluding hydrogens is 468 g/mol. The number of anilines is 2. The maximum absolute atomic E-state index is 12.7. The number of thiazole rings is 1. The molecule has 0 saturated carbocycles. The molecule has 10 heteroatoms. The molecule has 3 heterocycles. The van der Waals surface area contributed by atoms with Gasteiger partial charge in [0.2, 0.25) is 5.91 Å². The lowest BCUT2D eigenvalue weighted by molar-refractivity contribution is -0.123. The molecule has 2 aromatic heterocycles. The van der Waals surface area contributed by atoms with Crippen molar-refractivity contribution in [2.45, 2.75) is 0 Å². The maximum atomic E-state index is 12.7. The molecule has 2 N–H and O–H groups in total. The van der Waals surface area contributed by atoms with E-state index >= 15 is 0 Å². The summed E-state index contributed by atoms with van der Waals surface area (Å²) in [5.41, 5.74) is 3.28. The standard InChI is InChI=1S/C25H18N4O5S/c30-22(27-17-7-4-15(5-8-17)25(32)33)12-29-20-11-16(6-9-21(20)34-13-23(29)31)19-14-35-24(28-19)18-3-1-2-10-26-18/h1-11,14H,12-13H2,(H,27,30)(H,32,33).